The van der Waals surface area contributed by atoms with Crippen LogP contribution in [0, 0.1) is 0 Å². The first-order chi connectivity index (χ1) is 9.71. The predicted molar refractivity (Wildman–Crippen MR) is 78.5 cm³/mol. The molecule has 0 aliphatic heterocycles. The Morgan fingerprint density at radius 3 is 2.80 bits per heavy atom. The zero-order chi connectivity index (χ0) is 14.1. The second-order valence-corrected chi connectivity index (χ2v) is 4.79. The van der Waals surface area contributed by atoms with Gasteiger partial charge < -0.3 is 10.2 Å². The quantitative estimate of drug-likeness (QED) is 0.740. The lowest BCUT2D eigenvalue weighted by Crippen LogP contribution is -2.06. The molecule has 3 aromatic rings. The SMILES string of the molecule is CCc1cc(CC)n(Cc2nc3c(N)cccc3o2)n1. The highest BCUT2D eigenvalue weighted by atomic mass is 16.3. The normalized spacial score (nSPS) is 11.3. The van der Waals surface area contributed by atoms with Crippen LogP contribution in [-0.4, -0.2) is 14.8 Å². The summed E-state index contributed by atoms with van der Waals surface area (Å²) in [6.45, 7) is 4.76. The summed E-state index contributed by atoms with van der Waals surface area (Å²) in [7, 11) is 0. The van der Waals surface area contributed by atoms with Gasteiger partial charge in [-0.25, -0.2) is 4.98 Å². The molecule has 0 amide bonds. The molecular formula is C15H18N4O. The van der Waals surface area contributed by atoms with Crippen molar-refractivity contribution in [3.63, 3.8) is 0 Å². The number of anilines is 1. The number of hydrogen-bond donors (Lipinski definition) is 1. The number of oxazole rings is 1. The lowest BCUT2D eigenvalue weighted by Gasteiger charge is -2.01. The molecule has 104 valence electrons. The number of aryl methyl sites for hydroxylation is 2. The van der Waals surface area contributed by atoms with E-state index in [4.69, 9.17) is 10.2 Å². The summed E-state index contributed by atoms with van der Waals surface area (Å²) in [6.07, 6.45) is 1.87. The highest BCUT2D eigenvalue weighted by molar-refractivity contribution is 5.85. The monoisotopic (exact) mass is 270 g/mol. The summed E-state index contributed by atoms with van der Waals surface area (Å²) in [4.78, 5) is 4.47. The molecule has 2 aromatic heterocycles. The fourth-order valence-electron chi connectivity index (χ4n) is 2.32. The molecule has 0 bridgehead atoms. The summed E-state index contributed by atoms with van der Waals surface area (Å²) < 4.78 is 7.70. The van der Waals surface area contributed by atoms with E-state index in [1.807, 2.05) is 22.9 Å². The van der Waals surface area contributed by atoms with Crippen LogP contribution in [0.25, 0.3) is 11.1 Å². The second kappa shape index (κ2) is 5.00. The maximum Gasteiger partial charge on any atom is 0.217 e. The Morgan fingerprint density at radius 1 is 1.25 bits per heavy atom. The summed E-state index contributed by atoms with van der Waals surface area (Å²) in [5.74, 6) is 0.637. The first kappa shape index (κ1) is 12.7. The lowest BCUT2D eigenvalue weighted by molar-refractivity contribution is 0.483. The fraction of sp³-hybridized carbons (Fsp3) is 0.333. The molecule has 1 aromatic carbocycles. The number of fused-ring (bicyclic) bond motifs is 1. The Morgan fingerprint density at radius 2 is 2.10 bits per heavy atom. The number of nitrogen functional groups attached to an aromatic ring is 1. The van der Waals surface area contributed by atoms with E-state index in [-0.39, 0.29) is 0 Å². The van der Waals surface area contributed by atoms with Crippen molar-refractivity contribution in [3.8, 4) is 0 Å². The van der Waals surface area contributed by atoms with Crippen LogP contribution in [-0.2, 0) is 19.4 Å². The molecule has 5 nitrogen and oxygen atoms in total. The number of hydrogen-bond acceptors (Lipinski definition) is 4. The van der Waals surface area contributed by atoms with Crippen molar-refractivity contribution in [2.75, 3.05) is 5.73 Å². The van der Waals surface area contributed by atoms with Crippen molar-refractivity contribution in [1.82, 2.24) is 14.8 Å². The van der Waals surface area contributed by atoms with E-state index >= 15 is 0 Å². The number of nitrogens with two attached hydrogens (primary N) is 1. The Bertz CT molecular complexity index is 741. The largest absolute Gasteiger partial charge is 0.439 e. The Hall–Kier alpha value is -2.30. The van der Waals surface area contributed by atoms with Gasteiger partial charge in [-0.15, -0.1) is 0 Å². The van der Waals surface area contributed by atoms with E-state index in [1.165, 1.54) is 5.69 Å². The van der Waals surface area contributed by atoms with Crippen LogP contribution in [0.1, 0.15) is 31.1 Å². The van der Waals surface area contributed by atoms with Gasteiger partial charge in [0, 0.05) is 5.69 Å². The van der Waals surface area contributed by atoms with Gasteiger partial charge >= 0.3 is 0 Å². The zero-order valence-corrected chi connectivity index (χ0v) is 11.8. The Kier molecular flexibility index (Phi) is 3.18. The van der Waals surface area contributed by atoms with Crippen molar-refractivity contribution >= 4 is 16.8 Å². The molecule has 0 saturated heterocycles. The van der Waals surface area contributed by atoms with E-state index in [1.54, 1.807) is 0 Å². The fourth-order valence-corrected chi connectivity index (χ4v) is 2.32. The number of aromatic nitrogens is 3. The van der Waals surface area contributed by atoms with Crippen LogP contribution in [0.5, 0.6) is 0 Å². The van der Waals surface area contributed by atoms with E-state index < -0.39 is 0 Å². The molecule has 0 radical (unpaired) electrons. The van der Waals surface area contributed by atoms with Crippen LogP contribution in [0.3, 0.4) is 0 Å². The maximum absolute atomic E-state index is 5.90. The molecule has 0 saturated carbocycles. The molecule has 2 heterocycles. The number of rotatable bonds is 4. The molecule has 0 aliphatic carbocycles. The van der Waals surface area contributed by atoms with E-state index in [2.05, 4.69) is 30.0 Å². The molecule has 5 heteroatoms. The van der Waals surface area contributed by atoms with Crippen molar-refractivity contribution in [2.24, 2.45) is 0 Å². The van der Waals surface area contributed by atoms with Gasteiger partial charge in [0.25, 0.3) is 0 Å². The molecule has 0 fully saturated rings. The highest BCUT2D eigenvalue weighted by Gasteiger charge is 2.11. The maximum atomic E-state index is 5.90. The lowest BCUT2D eigenvalue weighted by atomic mass is 10.2. The summed E-state index contributed by atoms with van der Waals surface area (Å²) in [6, 6.07) is 7.71. The van der Waals surface area contributed by atoms with Crippen LogP contribution in [0.2, 0.25) is 0 Å². The van der Waals surface area contributed by atoms with E-state index in [0.29, 0.717) is 18.1 Å². The first-order valence-corrected chi connectivity index (χ1v) is 6.90. The molecule has 0 atom stereocenters. The molecule has 3 rings (SSSR count). The third-order valence-electron chi connectivity index (χ3n) is 3.42. The number of nitrogens with zero attached hydrogens (tertiary/aromatic N) is 3. The highest BCUT2D eigenvalue weighted by Crippen LogP contribution is 2.21. The standard InChI is InChI=1S/C15H18N4O/c1-3-10-8-11(4-2)19(18-10)9-14-17-15-12(16)6-5-7-13(15)20-14/h5-8H,3-4,9,16H2,1-2H3. The van der Waals surface area contributed by atoms with Gasteiger partial charge in [-0.2, -0.15) is 5.10 Å². The molecular weight excluding hydrogens is 252 g/mol. The molecule has 20 heavy (non-hydrogen) atoms. The summed E-state index contributed by atoms with van der Waals surface area (Å²) in [5.41, 5.74) is 10.3. The average molecular weight is 270 g/mol. The minimum absolute atomic E-state index is 0.539. The van der Waals surface area contributed by atoms with E-state index in [9.17, 15) is 0 Å². The molecule has 2 N–H and O–H groups in total. The van der Waals surface area contributed by atoms with Gasteiger partial charge in [0.1, 0.15) is 12.1 Å². The third-order valence-corrected chi connectivity index (χ3v) is 3.42. The van der Waals surface area contributed by atoms with E-state index in [0.717, 1.165) is 29.6 Å². The van der Waals surface area contributed by atoms with Crippen LogP contribution in [0.4, 0.5) is 5.69 Å². The minimum atomic E-state index is 0.539. The van der Waals surface area contributed by atoms with Gasteiger partial charge in [0.15, 0.2) is 5.58 Å². The van der Waals surface area contributed by atoms with Gasteiger partial charge in [-0.3, -0.25) is 4.68 Å². The van der Waals surface area contributed by atoms with Gasteiger partial charge in [-0.05, 0) is 31.0 Å². The minimum Gasteiger partial charge on any atom is -0.439 e. The van der Waals surface area contributed by atoms with Crippen LogP contribution in [0.15, 0.2) is 28.7 Å². The van der Waals surface area contributed by atoms with Crippen molar-refractivity contribution in [3.05, 3.63) is 41.5 Å². The average Bonchev–Trinajstić information content (AvgIpc) is 3.03. The Balaban J connectivity index is 1.96. The van der Waals surface area contributed by atoms with Crippen LogP contribution >= 0.6 is 0 Å². The first-order valence-electron chi connectivity index (χ1n) is 6.90. The van der Waals surface area contributed by atoms with Gasteiger partial charge in [0.05, 0.1) is 11.4 Å². The predicted octanol–water partition coefficient (Wildman–Crippen LogP) is 2.78. The third kappa shape index (κ3) is 2.15. The van der Waals surface area contributed by atoms with Gasteiger partial charge in [0.2, 0.25) is 5.89 Å². The molecule has 0 unspecified atom stereocenters. The van der Waals surface area contributed by atoms with Crippen molar-refractivity contribution in [1.29, 1.82) is 0 Å². The zero-order valence-electron chi connectivity index (χ0n) is 11.8. The topological polar surface area (TPSA) is 69.9 Å². The smallest absolute Gasteiger partial charge is 0.217 e. The second-order valence-electron chi connectivity index (χ2n) is 4.79. The number of para-hydroxylation sites is 1. The summed E-state index contributed by atoms with van der Waals surface area (Å²) >= 11 is 0. The van der Waals surface area contributed by atoms with Crippen molar-refractivity contribution in [2.45, 2.75) is 33.2 Å². The van der Waals surface area contributed by atoms with Gasteiger partial charge in [-0.1, -0.05) is 19.9 Å². The number of benzene rings is 1. The summed E-state index contributed by atoms with van der Waals surface area (Å²) in [5, 5.41) is 4.57. The molecule has 0 spiro atoms. The van der Waals surface area contributed by atoms with Crippen LogP contribution < -0.4 is 5.73 Å². The van der Waals surface area contributed by atoms with Crippen molar-refractivity contribution < 1.29 is 4.42 Å². The molecule has 0 aliphatic rings. The Labute approximate surface area is 117 Å².